The Labute approximate surface area is 66.6 Å². The Balaban J connectivity index is 3.13. The van der Waals surface area contributed by atoms with E-state index in [2.05, 4.69) is 19.9 Å². The third kappa shape index (κ3) is 1.39. The summed E-state index contributed by atoms with van der Waals surface area (Å²) in [6.45, 7) is 0. The van der Waals surface area contributed by atoms with Crippen LogP contribution in [0.2, 0.25) is 0 Å². The molecule has 0 amide bonds. The molecule has 0 saturated carbocycles. The number of aromatic amines is 1. The fourth-order valence-corrected chi connectivity index (χ4v) is 0.534. The van der Waals surface area contributed by atoms with Crippen molar-refractivity contribution in [3.05, 3.63) is 16.2 Å². The number of anilines is 1. The number of carbonyl (C=O) groups excluding carboxylic acids is 1. The lowest BCUT2D eigenvalue weighted by Crippen LogP contribution is -2.21. The minimum absolute atomic E-state index is 0.267. The van der Waals surface area contributed by atoms with Crippen molar-refractivity contribution >= 4 is 11.8 Å². The highest BCUT2D eigenvalue weighted by Crippen LogP contribution is 1.87. The molecule has 0 radical (unpaired) electrons. The molecule has 0 unspecified atom stereocenters. The SMILES string of the molecule is COC(=O)c1nnc(N)c(=O)[nH]1. The predicted octanol–water partition coefficient (Wildman–Crippen LogP) is -1.47. The highest BCUT2D eigenvalue weighted by Gasteiger charge is 2.09. The number of nitrogens with one attached hydrogen (secondary N) is 1. The van der Waals surface area contributed by atoms with Gasteiger partial charge in [-0.1, -0.05) is 0 Å². The van der Waals surface area contributed by atoms with Gasteiger partial charge in [-0.25, -0.2) is 4.79 Å². The minimum atomic E-state index is -0.764. The molecule has 0 aliphatic heterocycles. The number of hydrogen-bond donors (Lipinski definition) is 2. The molecule has 0 aromatic carbocycles. The molecular formula is C5H6N4O3. The van der Waals surface area contributed by atoms with Crippen LogP contribution in [0.3, 0.4) is 0 Å². The first-order valence-electron chi connectivity index (χ1n) is 2.96. The van der Waals surface area contributed by atoms with Gasteiger partial charge in [0.1, 0.15) is 0 Å². The van der Waals surface area contributed by atoms with Crippen molar-refractivity contribution in [1.82, 2.24) is 15.2 Å². The number of carbonyl (C=O) groups is 1. The van der Waals surface area contributed by atoms with E-state index < -0.39 is 11.5 Å². The van der Waals surface area contributed by atoms with Gasteiger partial charge in [0, 0.05) is 0 Å². The molecule has 0 spiro atoms. The zero-order valence-electron chi connectivity index (χ0n) is 6.20. The number of methoxy groups -OCH3 is 1. The number of nitrogens with two attached hydrogens (primary N) is 1. The van der Waals surface area contributed by atoms with Gasteiger partial charge in [0.15, 0.2) is 0 Å². The molecule has 3 N–H and O–H groups in total. The first-order valence-corrected chi connectivity index (χ1v) is 2.96. The van der Waals surface area contributed by atoms with E-state index in [-0.39, 0.29) is 11.6 Å². The number of ether oxygens (including phenoxy) is 1. The van der Waals surface area contributed by atoms with Crippen LogP contribution in [0.1, 0.15) is 10.6 Å². The second-order valence-corrected chi connectivity index (χ2v) is 1.88. The number of rotatable bonds is 1. The highest BCUT2D eigenvalue weighted by molar-refractivity contribution is 5.84. The number of esters is 1. The first-order chi connectivity index (χ1) is 5.65. The van der Waals surface area contributed by atoms with Gasteiger partial charge >= 0.3 is 5.97 Å². The van der Waals surface area contributed by atoms with Crippen molar-refractivity contribution in [2.45, 2.75) is 0 Å². The van der Waals surface area contributed by atoms with Crippen LogP contribution in [0.4, 0.5) is 5.82 Å². The molecule has 1 aromatic heterocycles. The number of H-pyrrole nitrogens is 1. The van der Waals surface area contributed by atoms with E-state index in [1.807, 2.05) is 0 Å². The van der Waals surface area contributed by atoms with Crippen LogP contribution < -0.4 is 11.3 Å². The lowest BCUT2D eigenvalue weighted by molar-refractivity contribution is 0.0585. The third-order valence-corrected chi connectivity index (χ3v) is 1.10. The second-order valence-electron chi connectivity index (χ2n) is 1.88. The maximum absolute atomic E-state index is 10.8. The van der Waals surface area contributed by atoms with Crippen molar-refractivity contribution < 1.29 is 9.53 Å². The summed E-state index contributed by atoms with van der Waals surface area (Å²) in [6, 6.07) is 0. The lowest BCUT2D eigenvalue weighted by Gasteiger charge is -1.95. The van der Waals surface area contributed by atoms with Gasteiger partial charge in [-0.2, -0.15) is 0 Å². The molecule has 7 nitrogen and oxygen atoms in total. The fraction of sp³-hybridized carbons (Fsp3) is 0.200. The first kappa shape index (κ1) is 8.18. The summed E-state index contributed by atoms with van der Waals surface area (Å²) in [6.07, 6.45) is 0. The minimum Gasteiger partial charge on any atom is -0.463 e. The summed E-state index contributed by atoms with van der Waals surface area (Å²) in [5, 5.41) is 6.54. The van der Waals surface area contributed by atoms with E-state index in [9.17, 15) is 9.59 Å². The number of nitrogens with zero attached hydrogens (tertiary/aromatic N) is 2. The van der Waals surface area contributed by atoms with Gasteiger partial charge in [-0.15, -0.1) is 10.2 Å². The van der Waals surface area contributed by atoms with Gasteiger partial charge in [-0.05, 0) is 0 Å². The number of aromatic nitrogens is 3. The Morgan fingerprint density at radius 2 is 2.25 bits per heavy atom. The van der Waals surface area contributed by atoms with Gasteiger partial charge in [0.2, 0.25) is 11.6 Å². The van der Waals surface area contributed by atoms with Crippen molar-refractivity contribution in [3.63, 3.8) is 0 Å². The van der Waals surface area contributed by atoms with Crippen LogP contribution in [-0.4, -0.2) is 28.3 Å². The Morgan fingerprint density at radius 3 is 2.75 bits per heavy atom. The molecule has 0 fully saturated rings. The van der Waals surface area contributed by atoms with Gasteiger partial charge < -0.3 is 10.5 Å². The normalized spacial score (nSPS) is 9.42. The van der Waals surface area contributed by atoms with E-state index >= 15 is 0 Å². The molecule has 64 valence electrons. The van der Waals surface area contributed by atoms with Gasteiger partial charge in [0.25, 0.3) is 5.56 Å². The summed E-state index contributed by atoms with van der Waals surface area (Å²) < 4.78 is 4.28. The fourth-order valence-electron chi connectivity index (χ4n) is 0.534. The van der Waals surface area contributed by atoms with Crippen LogP contribution in [0, 0.1) is 0 Å². The van der Waals surface area contributed by atoms with Crippen LogP contribution in [0.15, 0.2) is 4.79 Å². The van der Waals surface area contributed by atoms with Crippen LogP contribution in [0.5, 0.6) is 0 Å². The molecular weight excluding hydrogens is 164 g/mol. The molecule has 1 heterocycles. The van der Waals surface area contributed by atoms with Gasteiger partial charge in [0.05, 0.1) is 7.11 Å². The van der Waals surface area contributed by atoms with Crippen LogP contribution in [-0.2, 0) is 4.74 Å². The molecule has 1 rings (SSSR count). The molecule has 0 aliphatic carbocycles. The summed E-state index contributed by atoms with van der Waals surface area (Å²) in [7, 11) is 1.17. The predicted molar refractivity (Wildman–Crippen MR) is 38.4 cm³/mol. The smallest absolute Gasteiger partial charge is 0.376 e. The molecule has 0 bridgehead atoms. The Bertz CT molecular complexity index is 358. The summed E-state index contributed by atoms with van der Waals surface area (Å²) in [4.78, 5) is 23.6. The Hall–Kier alpha value is -1.92. The maximum Gasteiger partial charge on any atom is 0.376 e. The van der Waals surface area contributed by atoms with E-state index in [1.165, 1.54) is 7.11 Å². The third-order valence-electron chi connectivity index (χ3n) is 1.10. The molecule has 0 saturated heterocycles. The molecule has 0 atom stereocenters. The van der Waals surface area contributed by atoms with E-state index in [0.29, 0.717) is 0 Å². The molecule has 12 heavy (non-hydrogen) atoms. The van der Waals surface area contributed by atoms with Crippen molar-refractivity contribution in [2.24, 2.45) is 0 Å². The summed E-state index contributed by atoms with van der Waals surface area (Å²) >= 11 is 0. The van der Waals surface area contributed by atoms with Gasteiger partial charge in [-0.3, -0.25) is 9.78 Å². The van der Waals surface area contributed by atoms with E-state index in [0.717, 1.165) is 0 Å². The highest BCUT2D eigenvalue weighted by atomic mass is 16.5. The van der Waals surface area contributed by atoms with E-state index in [1.54, 1.807) is 0 Å². The maximum atomic E-state index is 10.8. The van der Waals surface area contributed by atoms with Crippen molar-refractivity contribution in [1.29, 1.82) is 0 Å². The van der Waals surface area contributed by atoms with E-state index in [4.69, 9.17) is 5.73 Å². The monoisotopic (exact) mass is 170 g/mol. The Kier molecular flexibility index (Phi) is 2.04. The zero-order valence-corrected chi connectivity index (χ0v) is 6.20. The van der Waals surface area contributed by atoms with Crippen molar-refractivity contribution in [3.8, 4) is 0 Å². The second kappa shape index (κ2) is 2.99. The van der Waals surface area contributed by atoms with Crippen molar-refractivity contribution in [2.75, 3.05) is 12.8 Å². The average molecular weight is 170 g/mol. The number of nitrogen functional groups attached to an aromatic ring is 1. The largest absolute Gasteiger partial charge is 0.463 e. The Morgan fingerprint density at radius 1 is 1.58 bits per heavy atom. The topological polar surface area (TPSA) is 111 Å². The van der Waals surface area contributed by atoms with Crippen LogP contribution >= 0.6 is 0 Å². The van der Waals surface area contributed by atoms with Crippen LogP contribution in [0.25, 0.3) is 0 Å². The summed E-state index contributed by atoms with van der Waals surface area (Å²) in [5.74, 6) is -1.32. The molecule has 1 aromatic rings. The zero-order chi connectivity index (χ0) is 9.14. The standard InChI is InChI=1S/C5H6N4O3/c1-12-5(11)3-7-4(10)2(6)8-9-3/h1H3,(H2,6,8)(H,7,9,10). The summed E-state index contributed by atoms with van der Waals surface area (Å²) in [5.41, 5.74) is 4.40. The quantitative estimate of drug-likeness (QED) is 0.498. The molecule has 7 heteroatoms. The average Bonchev–Trinajstić information content (AvgIpc) is 2.08. The lowest BCUT2D eigenvalue weighted by atomic mass is 10.6. The molecule has 0 aliphatic rings. The number of hydrogen-bond acceptors (Lipinski definition) is 6.